The van der Waals surface area contributed by atoms with Gasteiger partial charge in [-0.05, 0) is 24.1 Å². The molecule has 21 heavy (non-hydrogen) atoms. The zero-order valence-electron chi connectivity index (χ0n) is 12.2. The molecule has 0 radical (unpaired) electrons. The topological polar surface area (TPSA) is 55.1 Å². The van der Waals surface area contributed by atoms with Crippen LogP contribution in [0, 0.1) is 5.92 Å². The number of hydrogen-bond acceptors (Lipinski definition) is 3. The summed E-state index contributed by atoms with van der Waals surface area (Å²) in [7, 11) is 0. The molecule has 1 N–H and O–H groups in total. The predicted octanol–water partition coefficient (Wildman–Crippen LogP) is 4.30. The van der Waals surface area contributed by atoms with Crippen LogP contribution >= 0.6 is 23.4 Å². The van der Waals surface area contributed by atoms with E-state index in [4.69, 9.17) is 16.7 Å². The van der Waals surface area contributed by atoms with Crippen molar-refractivity contribution >= 4 is 40.4 Å². The molecule has 6 heteroatoms. The number of benzene rings is 1. The van der Waals surface area contributed by atoms with E-state index in [0.717, 1.165) is 35.6 Å². The number of imidazole rings is 1. The molecule has 0 fully saturated rings. The molecular formula is C15H19ClN2O2S. The van der Waals surface area contributed by atoms with Crippen LogP contribution < -0.4 is 0 Å². The van der Waals surface area contributed by atoms with Crippen LogP contribution in [0.1, 0.15) is 26.7 Å². The van der Waals surface area contributed by atoms with Crippen molar-refractivity contribution in [2.45, 2.75) is 38.4 Å². The van der Waals surface area contributed by atoms with Crippen LogP contribution in [0.15, 0.2) is 23.4 Å². The fraction of sp³-hybridized carbons (Fsp3) is 0.467. The number of carboxylic acid groups (broad SMARTS) is 1. The van der Waals surface area contributed by atoms with Gasteiger partial charge < -0.3 is 9.67 Å². The molecule has 0 spiro atoms. The average molecular weight is 327 g/mol. The third-order valence-corrected chi connectivity index (χ3v) is 4.79. The minimum Gasteiger partial charge on any atom is -0.481 e. The first-order chi connectivity index (χ1) is 10.0. The van der Waals surface area contributed by atoms with Gasteiger partial charge in [0.1, 0.15) is 0 Å². The number of thioether (sulfide) groups is 1. The van der Waals surface area contributed by atoms with E-state index in [0.29, 0.717) is 10.9 Å². The summed E-state index contributed by atoms with van der Waals surface area (Å²) in [5.74, 6) is -0.263. The van der Waals surface area contributed by atoms with E-state index < -0.39 is 5.97 Å². The molecule has 114 valence electrons. The molecule has 0 saturated heterocycles. The smallest absolute Gasteiger partial charge is 0.313 e. The number of carbonyl (C=O) groups is 1. The third kappa shape index (κ3) is 3.92. The van der Waals surface area contributed by atoms with Crippen molar-refractivity contribution < 1.29 is 9.90 Å². The van der Waals surface area contributed by atoms with E-state index >= 15 is 0 Å². The summed E-state index contributed by atoms with van der Waals surface area (Å²) in [6.45, 7) is 5.20. The number of aliphatic carboxylic acids is 1. The first-order valence-corrected chi connectivity index (χ1v) is 8.41. The van der Waals surface area contributed by atoms with E-state index in [1.165, 1.54) is 11.8 Å². The van der Waals surface area contributed by atoms with Gasteiger partial charge in [-0.2, -0.15) is 0 Å². The van der Waals surface area contributed by atoms with Crippen molar-refractivity contribution in [3.63, 3.8) is 0 Å². The Labute approximate surface area is 133 Å². The summed E-state index contributed by atoms with van der Waals surface area (Å²) >= 11 is 7.28. The van der Waals surface area contributed by atoms with Gasteiger partial charge in [0.15, 0.2) is 5.16 Å². The summed E-state index contributed by atoms with van der Waals surface area (Å²) < 4.78 is 2.12. The minimum atomic E-state index is -0.834. The highest BCUT2D eigenvalue weighted by Gasteiger charge is 2.15. The number of halogens is 1. The molecule has 1 heterocycles. The number of hydrogen-bond donors (Lipinski definition) is 1. The molecule has 0 bridgehead atoms. The largest absolute Gasteiger partial charge is 0.481 e. The van der Waals surface area contributed by atoms with E-state index in [1.807, 2.05) is 18.2 Å². The molecule has 0 unspecified atom stereocenters. The third-order valence-electron chi connectivity index (χ3n) is 3.60. The molecule has 0 aliphatic heterocycles. The maximum atomic E-state index is 10.8. The minimum absolute atomic E-state index is 0.0139. The Morgan fingerprint density at radius 3 is 2.76 bits per heavy atom. The van der Waals surface area contributed by atoms with Crippen molar-refractivity contribution in [2.24, 2.45) is 5.92 Å². The molecule has 0 aliphatic carbocycles. The van der Waals surface area contributed by atoms with Crippen LogP contribution in [-0.4, -0.2) is 26.4 Å². The molecule has 2 rings (SSSR count). The SMILES string of the molecule is CCC(CC)Cn1c(SCC(=O)O)nc2cc(Cl)ccc21. The summed E-state index contributed by atoms with van der Waals surface area (Å²) in [5, 5.41) is 10.3. The lowest BCUT2D eigenvalue weighted by Gasteiger charge is -2.15. The Balaban J connectivity index is 2.41. The van der Waals surface area contributed by atoms with E-state index in [1.54, 1.807) is 0 Å². The van der Waals surface area contributed by atoms with E-state index in [9.17, 15) is 4.79 Å². The van der Waals surface area contributed by atoms with Gasteiger partial charge in [0.05, 0.1) is 16.8 Å². The first kappa shape index (κ1) is 16.2. The van der Waals surface area contributed by atoms with Crippen LogP contribution in [0.2, 0.25) is 5.02 Å². The van der Waals surface area contributed by atoms with Gasteiger partial charge >= 0.3 is 5.97 Å². The number of fused-ring (bicyclic) bond motifs is 1. The second-order valence-corrected chi connectivity index (χ2v) is 6.38. The van der Waals surface area contributed by atoms with Gasteiger partial charge in [-0.1, -0.05) is 50.1 Å². The van der Waals surface area contributed by atoms with Gasteiger partial charge in [-0.15, -0.1) is 0 Å². The quantitative estimate of drug-likeness (QED) is 0.771. The van der Waals surface area contributed by atoms with Gasteiger partial charge in [0.25, 0.3) is 0 Å². The van der Waals surface area contributed by atoms with Gasteiger partial charge in [-0.25, -0.2) is 4.98 Å². The van der Waals surface area contributed by atoms with Crippen LogP contribution in [-0.2, 0) is 11.3 Å². The molecule has 1 aromatic carbocycles. The van der Waals surface area contributed by atoms with Gasteiger partial charge in [0, 0.05) is 11.6 Å². The van der Waals surface area contributed by atoms with Crippen molar-refractivity contribution in [1.29, 1.82) is 0 Å². The number of aromatic nitrogens is 2. The summed E-state index contributed by atoms with van der Waals surface area (Å²) in [4.78, 5) is 15.4. The molecule has 2 aromatic rings. The second kappa shape index (κ2) is 7.18. The fourth-order valence-corrected chi connectivity index (χ4v) is 3.21. The highest BCUT2D eigenvalue weighted by atomic mass is 35.5. The van der Waals surface area contributed by atoms with Gasteiger partial charge in [-0.3, -0.25) is 4.79 Å². The van der Waals surface area contributed by atoms with Crippen LogP contribution in [0.25, 0.3) is 11.0 Å². The second-order valence-electron chi connectivity index (χ2n) is 5.00. The lowest BCUT2D eigenvalue weighted by Crippen LogP contribution is -2.11. The molecular weight excluding hydrogens is 308 g/mol. The molecule has 0 aliphatic rings. The zero-order chi connectivity index (χ0) is 15.4. The van der Waals surface area contributed by atoms with E-state index in [-0.39, 0.29) is 5.75 Å². The lowest BCUT2D eigenvalue weighted by molar-refractivity contribution is -0.133. The molecule has 4 nitrogen and oxygen atoms in total. The summed E-state index contributed by atoms with van der Waals surface area (Å²) in [5.41, 5.74) is 1.83. The predicted molar refractivity (Wildman–Crippen MR) is 87.2 cm³/mol. The number of rotatable bonds is 7. The lowest BCUT2D eigenvalue weighted by atomic mass is 10.0. The van der Waals surface area contributed by atoms with Crippen molar-refractivity contribution in [1.82, 2.24) is 9.55 Å². The van der Waals surface area contributed by atoms with Crippen molar-refractivity contribution in [3.05, 3.63) is 23.2 Å². The average Bonchev–Trinajstić information content (AvgIpc) is 2.79. The van der Waals surface area contributed by atoms with E-state index in [2.05, 4.69) is 23.4 Å². The Morgan fingerprint density at radius 2 is 2.14 bits per heavy atom. The summed E-state index contributed by atoms with van der Waals surface area (Å²) in [6.07, 6.45) is 2.18. The maximum absolute atomic E-state index is 10.8. The molecule has 1 aromatic heterocycles. The van der Waals surface area contributed by atoms with Crippen molar-refractivity contribution in [2.75, 3.05) is 5.75 Å². The number of nitrogens with zero attached hydrogens (tertiary/aromatic N) is 2. The fourth-order valence-electron chi connectivity index (χ4n) is 2.30. The highest BCUT2D eigenvalue weighted by Crippen LogP contribution is 2.28. The van der Waals surface area contributed by atoms with Gasteiger partial charge in [0.2, 0.25) is 0 Å². The van der Waals surface area contributed by atoms with Crippen molar-refractivity contribution in [3.8, 4) is 0 Å². The Kier molecular flexibility index (Phi) is 5.53. The molecule has 0 atom stereocenters. The highest BCUT2D eigenvalue weighted by molar-refractivity contribution is 7.99. The number of carboxylic acids is 1. The molecule has 0 amide bonds. The Bertz CT molecular complexity index is 638. The first-order valence-electron chi connectivity index (χ1n) is 7.05. The standard InChI is InChI=1S/C15H19ClN2O2S/c1-3-10(4-2)8-18-13-6-5-11(16)7-12(13)17-15(18)21-9-14(19)20/h5-7,10H,3-4,8-9H2,1-2H3,(H,19,20). The van der Waals surface area contributed by atoms with Crippen LogP contribution in [0.5, 0.6) is 0 Å². The zero-order valence-corrected chi connectivity index (χ0v) is 13.7. The summed E-state index contributed by atoms with van der Waals surface area (Å²) in [6, 6.07) is 5.63. The maximum Gasteiger partial charge on any atom is 0.313 e. The monoisotopic (exact) mass is 326 g/mol. The van der Waals surface area contributed by atoms with Crippen LogP contribution in [0.4, 0.5) is 0 Å². The normalized spacial score (nSPS) is 11.4. The molecule has 0 saturated carbocycles. The Morgan fingerprint density at radius 1 is 1.43 bits per heavy atom. The Hall–Kier alpha value is -1.20. The van der Waals surface area contributed by atoms with Crippen LogP contribution in [0.3, 0.4) is 0 Å².